The molecule has 5 nitrogen and oxygen atoms in total. The van der Waals surface area contributed by atoms with Crippen LogP contribution in [-0.2, 0) is 14.3 Å². The summed E-state index contributed by atoms with van der Waals surface area (Å²) in [5, 5.41) is 11.0. The Bertz CT molecular complexity index is 971. The van der Waals surface area contributed by atoms with Crippen LogP contribution in [0.3, 0.4) is 0 Å². The molecule has 2 aromatic carbocycles. The van der Waals surface area contributed by atoms with Gasteiger partial charge < -0.3 is 14.7 Å². The largest absolute Gasteiger partial charge is 0.507 e. The van der Waals surface area contributed by atoms with Crippen LogP contribution in [0.25, 0.3) is 5.76 Å². The van der Waals surface area contributed by atoms with Crippen molar-refractivity contribution in [2.75, 3.05) is 20.3 Å². The number of halogens is 2. The molecule has 0 saturated carbocycles. The van der Waals surface area contributed by atoms with E-state index in [4.69, 9.17) is 4.74 Å². The van der Waals surface area contributed by atoms with Crippen molar-refractivity contribution in [3.8, 4) is 0 Å². The number of ketones is 1. The lowest BCUT2D eigenvalue weighted by Crippen LogP contribution is -2.31. The van der Waals surface area contributed by atoms with Gasteiger partial charge in [-0.25, -0.2) is 4.39 Å². The summed E-state index contributed by atoms with van der Waals surface area (Å²) in [5.74, 6) is -2.11. The van der Waals surface area contributed by atoms with E-state index in [9.17, 15) is 19.1 Å². The van der Waals surface area contributed by atoms with Gasteiger partial charge in [-0.05, 0) is 48.7 Å². The molecule has 0 aromatic heterocycles. The zero-order chi connectivity index (χ0) is 21.1. The van der Waals surface area contributed by atoms with Crippen molar-refractivity contribution in [1.82, 2.24) is 4.90 Å². The highest BCUT2D eigenvalue weighted by atomic mass is 79.9. The molecule has 0 aliphatic carbocycles. The quantitative estimate of drug-likeness (QED) is 0.300. The molecule has 1 heterocycles. The highest BCUT2D eigenvalue weighted by Gasteiger charge is 2.45. The second-order valence-corrected chi connectivity index (χ2v) is 7.71. The smallest absolute Gasteiger partial charge is 0.295 e. The number of carbonyl (C=O) groups is 2. The first kappa shape index (κ1) is 21.2. The number of aliphatic hydroxyl groups excluding tert-OH is 1. The third kappa shape index (κ3) is 4.26. The molecule has 1 aliphatic rings. The monoisotopic (exact) mass is 461 g/mol. The van der Waals surface area contributed by atoms with Gasteiger partial charge in [-0.2, -0.15) is 0 Å². The molecule has 29 heavy (non-hydrogen) atoms. The van der Waals surface area contributed by atoms with Crippen molar-refractivity contribution in [2.24, 2.45) is 0 Å². The minimum atomic E-state index is -0.795. The molecular formula is C22H21BrFNO4. The normalized spacial score (nSPS) is 18.5. The number of Topliss-reactive ketones (excluding diaryl/α,β-unsaturated/α-hetero) is 1. The third-order valence-electron chi connectivity index (χ3n) is 4.90. The fraction of sp³-hybridized carbons (Fsp3) is 0.273. The van der Waals surface area contributed by atoms with Gasteiger partial charge in [0.2, 0.25) is 0 Å². The van der Waals surface area contributed by atoms with Gasteiger partial charge in [0.05, 0.1) is 11.6 Å². The van der Waals surface area contributed by atoms with Crippen LogP contribution in [0, 0.1) is 12.7 Å². The van der Waals surface area contributed by atoms with Crippen molar-refractivity contribution in [3.63, 3.8) is 0 Å². The minimum absolute atomic E-state index is 0.000692. The molecular weight excluding hydrogens is 441 g/mol. The van der Waals surface area contributed by atoms with Crippen molar-refractivity contribution < 1.29 is 23.8 Å². The van der Waals surface area contributed by atoms with E-state index in [0.29, 0.717) is 24.2 Å². The van der Waals surface area contributed by atoms with Crippen LogP contribution in [0.2, 0.25) is 0 Å². The highest BCUT2D eigenvalue weighted by Crippen LogP contribution is 2.39. The summed E-state index contributed by atoms with van der Waals surface area (Å²) in [6, 6.07) is 9.97. The maximum absolute atomic E-state index is 13.4. The van der Waals surface area contributed by atoms with E-state index >= 15 is 0 Å². The number of carbonyl (C=O) groups excluding carboxylic acids is 2. The van der Waals surface area contributed by atoms with E-state index in [1.807, 2.05) is 6.92 Å². The number of ether oxygens (including phenoxy) is 1. The number of aliphatic hydroxyl groups is 1. The second-order valence-electron chi connectivity index (χ2n) is 6.85. The second kappa shape index (κ2) is 8.88. The Hall–Kier alpha value is -2.51. The summed E-state index contributed by atoms with van der Waals surface area (Å²) < 4.78 is 19.4. The van der Waals surface area contributed by atoms with Crippen LogP contribution in [0.4, 0.5) is 4.39 Å². The molecule has 1 saturated heterocycles. The average molecular weight is 462 g/mol. The molecule has 0 radical (unpaired) electrons. The lowest BCUT2D eigenvalue weighted by atomic mass is 9.95. The summed E-state index contributed by atoms with van der Waals surface area (Å²) in [7, 11) is 1.56. The molecule has 1 aliphatic heterocycles. The van der Waals surface area contributed by atoms with E-state index in [0.717, 1.165) is 10.0 Å². The SMILES string of the molecule is COCCCN1C(=O)C(=O)/C(=C(\O)c2ccc(Br)c(C)c2)C1c1ccc(F)cc1. The lowest BCUT2D eigenvalue weighted by Gasteiger charge is -2.25. The average Bonchev–Trinajstić information content (AvgIpc) is 2.95. The van der Waals surface area contributed by atoms with Gasteiger partial charge in [-0.15, -0.1) is 0 Å². The summed E-state index contributed by atoms with van der Waals surface area (Å²) >= 11 is 3.41. The number of benzene rings is 2. The number of methoxy groups -OCH3 is 1. The van der Waals surface area contributed by atoms with E-state index in [1.165, 1.54) is 29.2 Å². The van der Waals surface area contributed by atoms with Gasteiger partial charge in [0.1, 0.15) is 11.6 Å². The Morgan fingerprint density at radius 2 is 1.90 bits per heavy atom. The first-order valence-corrected chi connectivity index (χ1v) is 9.93. The first-order chi connectivity index (χ1) is 13.8. The van der Waals surface area contributed by atoms with Gasteiger partial charge in [-0.3, -0.25) is 9.59 Å². The third-order valence-corrected chi connectivity index (χ3v) is 5.79. The van der Waals surface area contributed by atoms with Crippen molar-refractivity contribution >= 4 is 33.4 Å². The minimum Gasteiger partial charge on any atom is -0.507 e. The molecule has 152 valence electrons. The van der Waals surface area contributed by atoms with Crippen LogP contribution in [0.5, 0.6) is 0 Å². The van der Waals surface area contributed by atoms with Gasteiger partial charge in [0.15, 0.2) is 0 Å². The molecule has 0 spiro atoms. The summed E-state index contributed by atoms with van der Waals surface area (Å²) in [5.41, 5.74) is 1.87. The van der Waals surface area contributed by atoms with E-state index in [1.54, 1.807) is 25.3 Å². The fourth-order valence-electron chi connectivity index (χ4n) is 3.43. The van der Waals surface area contributed by atoms with Gasteiger partial charge in [-0.1, -0.05) is 34.1 Å². The van der Waals surface area contributed by atoms with E-state index < -0.39 is 23.5 Å². The number of hydrogen-bond acceptors (Lipinski definition) is 4. The number of rotatable bonds is 6. The number of amides is 1. The van der Waals surface area contributed by atoms with Gasteiger partial charge in [0, 0.05) is 30.3 Å². The number of likely N-dealkylation sites (tertiary alicyclic amines) is 1. The topological polar surface area (TPSA) is 66.8 Å². The van der Waals surface area contributed by atoms with Crippen LogP contribution in [0.1, 0.15) is 29.2 Å². The van der Waals surface area contributed by atoms with Crippen molar-refractivity contribution in [2.45, 2.75) is 19.4 Å². The van der Waals surface area contributed by atoms with Crippen LogP contribution in [0.15, 0.2) is 52.5 Å². The first-order valence-electron chi connectivity index (χ1n) is 9.14. The zero-order valence-corrected chi connectivity index (χ0v) is 17.7. The van der Waals surface area contributed by atoms with Crippen LogP contribution in [-0.4, -0.2) is 42.0 Å². The Labute approximate surface area is 176 Å². The summed E-state index contributed by atoms with van der Waals surface area (Å²) in [4.78, 5) is 27.0. The predicted octanol–water partition coefficient (Wildman–Crippen LogP) is 4.35. The lowest BCUT2D eigenvalue weighted by molar-refractivity contribution is -0.140. The molecule has 1 unspecified atom stereocenters. The highest BCUT2D eigenvalue weighted by molar-refractivity contribution is 9.10. The Balaban J connectivity index is 2.13. The van der Waals surface area contributed by atoms with Crippen LogP contribution < -0.4 is 0 Å². The number of nitrogens with zero attached hydrogens (tertiary/aromatic N) is 1. The maximum atomic E-state index is 13.4. The Morgan fingerprint density at radius 1 is 1.21 bits per heavy atom. The molecule has 0 bridgehead atoms. The van der Waals surface area contributed by atoms with Gasteiger partial charge >= 0.3 is 0 Å². The van der Waals surface area contributed by atoms with Crippen LogP contribution >= 0.6 is 15.9 Å². The van der Waals surface area contributed by atoms with Crippen molar-refractivity contribution in [1.29, 1.82) is 0 Å². The molecule has 1 atom stereocenters. The molecule has 2 aromatic rings. The molecule has 7 heteroatoms. The molecule has 1 N–H and O–H groups in total. The fourth-order valence-corrected chi connectivity index (χ4v) is 3.68. The molecule has 1 fully saturated rings. The summed E-state index contributed by atoms with van der Waals surface area (Å²) in [6.45, 7) is 2.56. The number of aryl methyl sites for hydroxylation is 1. The van der Waals surface area contributed by atoms with E-state index in [2.05, 4.69) is 15.9 Å². The molecule has 3 rings (SSSR count). The number of hydrogen-bond donors (Lipinski definition) is 1. The van der Waals surface area contributed by atoms with Gasteiger partial charge in [0.25, 0.3) is 11.7 Å². The maximum Gasteiger partial charge on any atom is 0.295 e. The standard InChI is InChI=1S/C22H21BrFNO4/c1-13-12-15(6-9-17(13)23)20(26)18-19(14-4-7-16(24)8-5-14)25(10-3-11-29-2)22(28)21(18)27/h4-9,12,19,26H,3,10-11H2,1-2H3/b20-18-. The predicted molar refractivity (Wildman–Crippen MR) is 111 cm³/mol. The van der Waals surface area contributed by atoms with E-state index in [-0.39, 0.29) is 17.9 Å². The summed E-state index contributed by atoms with van der Waals surface area (Å²) in [6.07, 6.45) is 0.526. The Kier molecular flexibility index (Phi) is 6.49. The van der Waals surface area contributed by atoms with Crippen molar-refractivity contribution in [3.05, 3.63) is 75.0 Å². The molecule has 1 amide bonds. The zero-order valence-electron chi connectivity index (χ0n) is 16.1. The Morgan fingerprint density at radius 3 is 2.52 bits per heavy atom.